The van der Waals surface area contributed by atoms with E-state index < -0.39 is 0 Å². The SMILES string of the molecule is CC1CC(Nc2cc(N)nc(C3CC3)n2)CCN1C. The first-order valence-corrected chi connectivity index (χ1v) is 7.23. The maximum absolute atomic E-state index is 5.88. The number of piperidine rings is 1. The second-order valence-corrected chi connectivity index (χ2v) is 6.01. The van der Waals surface area contributed by atoms with Crippen LogP contribution in [0.1, 0.15) is 44.3 Å². The van der Waals surface area contributed by atoms with E-state index in [1.807, 2.05) is 6.07 Å². The molecule has 0 aromatic carbocycles. The van der Waals surface area contributed by atoms with Gasteiger partial charge < -0.3 is 16.0 Å². The molecule has 2 fully saturated rings. The largest absolute Gasteiger partial charge is 0.384 e. The molecule has 1 saturated heterocycles. The van der Waals surface area contributed by atoms with E-state index in [0.717, 1.165) is 31.0 Å². The molecule has 1 aliphatic carbocycles. The first kappa shape index (κ1) is 12.7. The van der Waals surface area contributed by atoms with Gasteiger partial charge >= 0.3 is 0 Å². The predicted octanol–water partition coefficient (Wildman–Crippen LogP) is 1.83. The highest BCUT2D eigenvalue weighted by atomic mass is 15.2. The lowest BCUT2D eigenvalue weighted by molar-refractivity contribution is 0.190. The van der Waals surface area contributed by atoms with Gasteiger partial charge in [0.15, 0.2) is 0 Å². The van der Waals surface area contributed by atoms with Gasteiger partial charge in [-0.15, -0.1) is 0 Å². The Morgan fingerprint density at radius 1 is 1.32 bits per heavy atom. The Bertz CT molecular complexity index is 457. The molecule has 3 rings (SSSR count). The van der Waals surface area contributed by atoms with Crippen molar-refractivity contribution in [1.29, 1.82) is 0 Å². The highest BCUT2D eigenvalue weighted by Crippen LogP contribution is 2.38. The smallest absolute Gasteiger partial charge is 0.136 e. The Morgan fingerprint density at radius 3 is 2.79 bits per heavy atom. The van der Waals surface area contributed by atoms with Crippen molar-refractivity contribution < 1.29 is 0 Å². The van der Waals surface area contributed by atoms with Crippen molar-refractivity contribution in [3.05, 3.63) is 11.9 Å². The molecule has 5 heteroatoms. The van der Waals surface area contributed by atoms with E-state index in [1.54, 1.807) is 0 Å². The number of aromatic nitrogens is 2. The maximum atomic E-state index is 5.88. The van der Waals surface area contributed by atoms with Gasteiger partial charge in [-0.25, -0.2) is 9.97 Å². The minimum absolute atomic E-state index is 0.493. The van der Waals surface area contributed by atoms with E-state index in [4.69, 9.17) is 5.73 Å². The van der Waals surface area contributed by atoms with Crippen molar-refractivity contribution in [1.82, 2.24) is 14.9 Å². The van der Waals surface area contributed by atoms with Crippen LogP contribution in [0, 0.1) is 0 Å². The van der Waals surface area contributed by atoms with Crippen molar-refractivity contribution >= 4 is 11.6 Å². The van der Waals surface area contributed by atoms with Crippen LogP contribution in [0.15, 0.2) is 6.07 Å². The topological polar surface area (TPSA) is 67.1 Å². The summed E-state index contributed by atoms with van der Waals surface area (Å²) in [6, 6.07) is 2.97. The zero-order chi connectivity index (χ0) is 13.4. The average Bonchev–Trinajstić information content (AvgIpc) is 3.17. The molecule has 19 heavy (non-hydrogen) atoms. The Kier molecular flexibility index (Phi) is 3.31. The second-order valence-electron chi connectivity index (χ2n) is 6.01. The standard InChI is InChI=1S/C14H23N5/c1-9-7-11(5-6-19(9)2)16-13-8-12(15)17-14(18-13)10-3-4-10/h8-11H,3-7H2,1-2H3,(H3,15,16,17,18). The van der Waals surface area contributed by atoms with Crippen LogP contribution in [-0.4, -0.2) is 40.5 Å². The van der Waals surface area contributed by atoms with Gasteiger partial charge in [0.1, 0.15) is 17.5 Å². The van der Waals surface area contributed by atoms with E-state index in [1.165, 1.54) is 12.8 Å². The van der Waals surface area contributed by atoms with Gasteiger partial charge in [0.25, 0.3) is 0 Å². The highest BCUT2D eigenvalue weighted by Gasteiger charge is 2.28. The van der Waals surface area contributed by atoms with E-state index in [9.17, 15) is 0 Å². The van der Waals surface area contributed by atoms with Crippen molar-refractivity contribution in [3.8, 4) is 0 Å². The first-order chi connectivity index (χ1) is 9.11. The van der Waals surface area contributed by atoms with Gasteiger partial charge in [-0.2, -0.15) is 0 Å². The molecule has 1 saturated carbocycles. The summed E-state index contributed by atoms with van der Waals surface area (Å²) in [6.07, 6.45) is 4.71. The number of rotatable bonds is 3. The van der Waals surface area contributed by atoms with Gasteiger partial charge in [0.2, 0.25) is 0 Å². The van der Waals surface area contributed by atoms with Crippen molar-refractivity contribution in [2.45, 2.75) is 50.6 Å². The van der Waals surface area contributed by atoms with Crippen LogP contribution < -0.4 is 11.1 Å². The highest BCUT2D eigenvalue weighted by molar-refractivity contribution is 5.46. The third-order valence-corrected chi connectivity index (χ3v) is 4.27. The number of nitrogens with one attached hydrogen (secondary N) is 1. The lowest BCUT2D eigenvalue weighted by atomic mass is 9.99. The summed E-state index contributed by atoms with van der Waals surface area (Å²) in [5.41, 5.74) is 5.88. The number of hydrogen-bond donors (Lipinski definition) is 2. The van der Waals surface area contributed by atoms with Crippen LogP contribution in [0.2, 0.25) is 0 Å². The van der Waals surface area contributed by atoms with Gasteiger partial charge in [0, 0.05) is 30.6 Å². The average molecular weight is 261 g/mol. The van der Waals surface area contributed by atoms with Gasteiger partial charge in [-0.1, -0.05) is 0 Å². The van der Waals surface area contributed by atoms with Crippen LogP contribution in [0.4, 0.5) is 11.6 Å². The summed E-state index contributed by atoms with van der Waals surface area (Å²) in [7, 11) is 2.19. The molecule has 0 radical (unpaired) electrons. The molecular weight excluding hydrogens is 238 g/mol. The van der Waals surface area contributed by atoms with Crippen LogP contribution in [0.3, 0.4) is 0 Å². The van der Waals surface area contributed by atoms with Gasteiger partial charge in [-0.3, -0.25) is 0 Å². The molecule has 1 aromatic heterocycles. The number of anilines is 2. The molecule has 0 spiro atoms. The predicted molar refractivity (Wildman–Crippen MR) is 77.2 cm³/mol. The summed E-state index contributed by atoms with van der Waals surface area (Å²) >= 11 is 0. The van der Waals surface area contributed by atoms with Crippen LogP contribution in [-0.2, 0) is 0 Å². The van der Waals surface area contributed by atoms with Crippen molar-refractivity contribution in [2.75, 3.05) is 24.6 Å². The number of nitrogen functional groups attached to an aromatic ring is 1. The summed E-state index contributed by atoms with van der Waals surface area (Å²) < 4.78 is 0. The summed E-state index contributed by atoms with van der Waals surface area (Å²) in [4.78, 5) is 11.4. The Hall–Kier alpha value is -1.36. The maximum Gasteiger partial charge on any atom is 0.136 e. The molecule has 0 bridgehead atoms. The first-order valence-electron chi connectivity index (χ1n) is 7.23. The fourth-order valence-electron chi connectivity index (χ4n) is 2.71. The molecule has 5 nitrogen and oxygen atoms in total. The molecule has 1 aromatic rings. The van der Waals surface area contributed by atoms with E-state index in [-0.39, 0.29) is 0 Å². The number of nitrogens with two attached hydrogens (primary N) is 1. The minimum Gasteiger partial charge on any atom is -0.384 e. The third-order valence-electron chi connectivity index (χ3n) is 4.27. The number of hydrogen-bond acceptors (Lipinski definition) is 5. The van der Waals surface area contributed by atoms with E-state index in [2.05, 4.69) is 34.2 Å². The molecule has 2 heterocycles. The van der Waals surface area contributed by atoms with Crippen molar-refractivity contribution in [3.63, 3.8) is 0 Å². The fourth-order valence-corrected chi connectivity index (χ4v) is 2.71. The van der Waals surface area contributed by atoms with Crippen LogP contribution >= 0.6 is 0 Å². The third kappa shape index (κ3) is 2.97. The van der Waals surface area contributed by atoms with E-state index >= 15 is 0 Å². The minimum atomic E-state index is 0.493. The molecule has 1 aliphatic heterocycles. The van der Waals surface area contributed by atoms with Crippen LogP contribution in [0.5, 0.6) is 0 Å². The molecule has 2 atom stereocenters. The van der Waals surface area contributed by atoms with Crippen LogP contribution in [0.25, 0.3) is 0 Å². The second kappa shape index (κ2) is 4.96. The summed E-state index contributed by atoms with van der Waals surface area (Å²) in [5.74, 6) is 2.94. The quantitative estimate of drug-likeness (QED) is 0.869. The molecule has 2 aliphatic rings. The molecule has 2 unspecified atom stereocenters. The molecule has 0 amide bonds. The normalized spacial score (nSPS) is 28.3. The fraction of sp³-hybridized carbons (Fsp3) is 0.714. The summed E-state index contributed by atoms with van der Waals surface area (Å²) in [6.45, 7) is 3.41. The number of likely N-dealkylation sites (tertiary alicyclic amines) is 1. The number of nitrogens with zero attached hydrogens (tertiary/aromatic N) is 3. The zero-order valence-corrected chi connectivity index (χ0v) is 11.8. The Morgan fingerprint density at radius 2 is 2.11 bits per heavy atom. The Labute approximate surface area is 114 Å². The lowest BCUT2D eigenvalue weighted by Gasteiger charge is -2.35. The molecule has 3 N–H and O–H groups in total. The van der Waals surface area contributed by atoms with Crippen molar-refractivity contribution in [2.24, 2.45) is 0 Å². The van der Waals surface area contributed by atoms with Gasteiger partial charge in [-0.05, 0) is 39.7 Å². The van der Waals surface area contributed by atoms with Gasteiger partial charge in [0.05, 0.1) is 0 Å². The lowest BCUT2D eigenvalue weighted by Crippen LogP contribution is -2.42. The zero-order valence-electron chi connectivity index (χ0n) is 11.8. The Balaban J connectivity index is 1.69. The van der Waals surface area contributed by atoms with E-state index in [0.29, 0.717) is 23.8 Å². The summed E-state index contributed by atoms with van der Waals surface area (Å²) in [5, 5.41) is 3.54. The molecular formula is C14H23N5. The monoisotopic (exact) mass is 261 g/mol. The molecule has 104 valence electrons.